The van der Waals surface area contributed by atoms with Gasteiger partial charge in [0.25, 0.3) is 0 Å². The summed E-state index contributed by atoms with van der Waals surface area (Å²) < 4.78 is 0. The molecule has 0 aliphatic rings. The van der Waals surface area contributed by atoms with E-state index < -0.39 is 0 Å². The van der Waals surface area contributed by atoms with Gasteiger partial charge >= 0.3 is 0 Å². The summed E-state index contributed by atoms with van der Waals surface area (Å²) in [6.45, 7) is 1.28. The maximum Gasteiger partial charge on any atom is 0.238 e. The number of halogens is 1. The summed E-state index contributed by atoms with van der Waals surface area (Å²) in [7, 11) is 0. The van der Waals surface area contributed by atoms with E-state index in [1.807, 2.05) is 35.0 Å². The van der Waals surface area contributed by atoms with Gasteiger partial charge in [-0.05, 0) is 22.9 Å². The Bertz CT molecular complexity index is 417. The van der Waals surface area contributed by atoms with Crippen LogP contribution in [0.5, 0.6) is 0 Å². The van der Waals surface area contributed by atoms with Crippen LogP contribution in [0.15, 0.2) is 35.0 Å². The van der Waals surface area contributed by atoms with E-state index in [0.29, 0.717) is 13.1 Å². The van der Waals surface area contributed by atoms with Crippen molar-refractivity contribution in [2.24, 2.45) is 0 Å². The van der Waals surface area contributed by atoms with Crippen molar-refractivity contribution in [1.82, 2.24) is 4.90 Å². The van der Waals surface area contributed by atoms with Gasteiger partial charge in [-0.25, -0.2) is 0 Å². The summed E-state index contributed by atoms with van der Waals surface area (Å²) in [5, 5.41) is 4.04. The molecule has 0 saturated carbocycles. The minimum atomic E-state index is -0.0199. The van der Waals surface area contributed by atoms with E-state index in [-0.39, 0.29) is 11.8 Å². The Kier molecular flexibility index (Phi) is 4.59. The van der Waals surface area contributed by atoms with Crippen LogP contribution in [0.25, 0.3) is 0 Å². The molecule has 1 amide bonds. The molecule has 2 rings (SSSR count). The third kappa shape index (κ3) is 3.56. The molecule has 0 bridgehead atoms. The molecule has 0 atom stereocenters. The van der Waals surface area contributed by atoms with Crippen LogP contribution < -0.4 is 0 Å². The smallest absolute Gasteiger partial charge is 0.238 e. The van der Waals surface area contributed by atoms with Crippen molar-refractivity contribution in [3.8, 4) is 0 Å². The van der Waals surface area contributed by atoms with Crippen molar-refractivity contribution in [2.75, 3.05) is 5.88 Å². The lowest BCUT2D eigenvalue weighted by molar-refractivity contribution is -0.129. The van der Waals surface area contributed by atoms with Gasteiger partial charge in [-0.15, -0.1) is 34.3 Å². The van der Waals surface area contributed by atoms with Crippen molar-refractivity contribution < 1.29 is 4.79 Å². The van der Waals surface area contributed by atoms with Gasteiger partial charge in [0, 0.05) is 9.75 Å². The van der Waals surface area contributed by atoms with Crippen molar-refractivity contribution >= 4 is 40.2 Å². The van der Waals surface area contributed by atoms with Crippen molar-refractivity contribution in [3.05, 3.63) is 44.8 Å². The maximum atomic E-state index is 11.8. The first-order valence-electron chi connectivity index (χ1n) is 5.18. The quantitative estimate of drug-likeness (QED) is 0.769. The third-order valence-electron chi connectivity index (χ3n) is 2.32. The number of nitrogens with zero attached hydrogens (tertiary/aromatic N) is 1. The van der Waals surface area contributed by atoms with Crippen LogP contribution in [0.4, 0.5) is 0 Å². The Morgan fingerprint density at radius 1 is 1.12 bits per heavy atom. The highest BCUT2D eigenvalue weighted by atomic mass is 35.5. The van der Waals surface area contributed by atoms with E-state index in [0.717, 1.165) is 0 Å². The second-order valence-corrected chi connectivity index (χ2v) is 5.87. The van der Waals surface area contributed by atoms with Crippen molar-refractivity contribution in [1.29, 1.82) is 0 Å². The SMILES string of the molecule is O=C(CCl)N(Cc1cccs1)Cc1cccs1. The van der Waals surface area contributed by atoms with E-state index in [4.69, 9.17) is 11.6 Å². The number of thiophene rings is 2. The molecule has 0 N–H and O–H groups in total. The highest BCUT2D eigenvalue weighted by molar-refractivity contribution is 7.10. The highest BCUT2D eigenvalue weighted by Crippen LogP contribution is 2.17. The van der Waals surface area contributed by atoms with Gasteiger partial charge in [-0.1, -0.05) is 12.1 Å². The molecular weight excluding hydrogens is 274 g/mol. The molecule has 0 unspecified atom stereocenters. The van der Waals surface area contributed by atoms with E-state index in [1.54, 1.807) is 27.6 Å². The maximum absolute atomic E-state index is 11.8. The molecule has 2 aromatic heterocycles. The Labute approximate surface area is 113 Å². The summed E-state index contributed by atoms with van der Waals surface area (Å²) in [6, 6.07) is 8.06. The lowest BCUT2D eigenvalue weighted by Gasteiger charge is -2.20. The minimum Gasteiger partial charge on any atom is -0.331 e. The normalized spacial score (nSPS) is 10.4. The number of hydrogen-bond donors (Lipinski definition) is 0. The standard InChI is InChI=1S/C12H12ClNOS2/c13-7-12(15)14(8-10-3-1-5-16-10)9-11-4-2-6-17-11/h1-6H,7-9H2. The number of amides is 1. The van der Waals surface area contributed by atoms with E-state index >= 15 is 0 Å². The molecule has 90 valence electrons. The average Bonchev–Trinajstić information content (AvgIpc) is 3.00. The largest absolute Gasteiger partial charge is 0.331 e. The molecule has 0 aliphatic heterocycles. The zero-order valence-electron chi connectivity index (χ0n) is 9.14. The first kappa shape index (κ1) is 12.6. The summed E-state index contributed by atoms with van der Waals surface area (Å²) in [6.07, 6.45) is 0. The van der Waals surface area contributed by atoms with Gasteiger partial charge in [-0.3, -0.25) is 4.79 Å². The predicted molar refractivity (Wildman–Crippen MR) is 73.6 cm³/mol. The Balaban J connectivity index is 2.05. The molecule has 0 saturated heterocycles. The number of carbonyl (C=O) groups is 1. The van der Waals surface area contributed by atoms with Crippen LogP contribution in [0.2, 0.25) is 0 Å². The highest BCUT2D eigenvalue weighted by Gasteiger charge is 2.14. The van der Waals surface area contributed by atoms with Crippen molar-refractivity contribution in [3.63, 3.8) is 0 Å². The fourth-order valence-corrected chi connectivity index (χ4v) is 3.11. The Hall–Kier alpha value is -0.840. The average molecular weight is 286 g/mol. The zero-order valence-corrected chi connectivity index (χ0v) is 11.5. The molecule has 17 heavy (non-hydrogen) atoms. The van der Waals surface area contributed by atoms with Gasteiger partial charge in [0.1, 0.15) is 5.88 Å². The van der Waals surface area contributed by atoms with Crippen LogP contribution in [-0.4, -0.2) is 16.7 Å². The number of rotatable bonds is 5. The van der Waals surface area contributed by atoms with Gasteiger partial charge in [-0.2, -0.15) is 0 Å². The molecule has 0 aromatic carbocycles. The molecular formula is C12H12ClNOS2. The van der Waals surface area contributed by atoms with Crippen LogP contribution in [0.1, 0.15) is 9.75 Å². The lowest BCUT2D eigenvalue weighted by Crippen LogP contribution is -2.30. The van der Waals surface area contributed by atoms with Gasteiger partial charge in [0.05, 0.1) is 13.1 Å². The summed E-state index contributed by atoms with van der Waals surface area (Å²) in [5.41, 5.74) is 0. The van der Waals surface area contributed by atoms with Crippen LogP contribution in [-0.2, 0) is 17.9 Å². The summed E-state index contributed by atoms with van der Waals surface area (Å²) in [4.78, 5) is 15.9. The van der Waals surface area contributed by atoms with Gasteiger partial charge < -0.3 is 4.90 Å². The molecule has 0 fully saturated rings. The van der Waals surface area contributed by atoms with E-state index in [1.165, 1.54) is 9.75 Å². The number of hydrogen-bond acceptors (Lipinski definition) is 3. The minimum absolute atomic E-state index is 0.0199. The predicted octanol–water partition coefficient (Wildman–Crippen LogP) is 3.58. The molecule has 0 radical (unpaired) electrons. The first-order valence-corrected chi connectivity index (χ1v) is 7.47. The third-order valence-corrected chi connectivity index (χ3v) is 4.27. The Morgan fingerprint density at radius 2 is 1.65 bits per heavy atom. The molecule has 0 spiro atoms. The fraction of sp³-hybridized carbons (Fsp3) is 0.250. The monoisotopic (exact) mass is 285 g/mol. The molecule has 0 aliphatic carbocycles. The summed E-state index contributed by atoms with van der Waals surface area (Å²) >= 11 is 8.96. The second kappa shape index (κ2) is 6.19. The number of carbonyl (C=O) groups excluding carboxylic acids is 1. The molecule has 2 aromatic rings. The fourth-order valence-electron chi connectivity index (χ4n) is 1.50. The molecule has 5 heteroatoms. The molecule has 2 nitrogen and oxygen atoms in total. The lowest BCUT2D eigenvalue weighted by atomic mass is 10.3. The topological polar surface area (TPSA) is 20.3 Å². The first-order chi connectivity index (χ1) is 8.29. The Morgan fingerprint density at radius 3 is 2.00 bits per heavy atom. The van der Waals surface area contributed by atoms with Crippen LogP contribution >= 0.6 is 34.3 Å². The van der Waals surface area contributed by atoms with Crippen molar-refractivity contribution in [2.45, 2.75) is 13.1 Å². The van der Waals surface area contributed by atoms with Gasteiger partial charge in [0.15, 0.2) is 0 Å². The van der Waals surface area contributed by atoms with E-state index in [9.17, 15) is 4.79 Å². The second-order valence-electron chi connectivity index (χ2n) is 3.54. The number of alkyl halides is 1. The molecule has 2 heterocycles. The van der Waals surface area contributed by atoms with E-state index in [2.05, 4.69) is 0 Å². The summed E-state index contributed by atoms with van der Waals surface area (Å²) in [5.74, 6) is 0.0185. The van der Waals surface area contributed by atoms with Crippen LogP contribution in [0, 0.1) is 0 Å². The zero-order chi connectivity index (χ0) is 12.1. The van der Waals surface area contributed by atoms with Crippen LogP contribution in [0.3, 0.4) is 0 Å². The van der Waals surface area contributed by atoms with Gasteiger partial charge in [0.2, 0.25) is 5.91 Å².